The summed E-state index contributed by atoms with van der Waals surface area (Å²) in [5, 5.41) is 18.6. The summed E-state index contributed by atoms with van der Waals surface area (Å²) in [6, 6.07) is 0. The first kappa shape index (κ1) is 17.4. The van der Waals surface area contributed by atoms with Gasteiger partial charge in [0.2, 0.25) is 0 Å². The number of aliphatic hydroxyl groups is 1. The average molecular weight is 261 g/mol. The van der Waals surface area contributed by atoms with E-state index < -0.39 is 12.1 Å². The normalized spacial score (nSPS) is 13.2. The van der Waals surface area contributed by atoms with Crippen molar-refractivity contribution in [1.29, 1.82) is 0 Å². The molecule has 0 aromatic rings. The SMILES string of the molecule is CCCCOCC(O)CN(CC(=O)O)CC(C)C. The van der Waals surface area contributed by atoms with E-state index in [-0.39, 0.29) is 13.2 Å². The van der Waals surface area contributed by atoms with E-state index in [0.29, 0.717) is 25.6 Å². The maximum absolute atomic E-state index is 10.7. The van der Waals surface area contributed by atoms with Crippen molar-refractivity contribution in [2.24, 2.45) is 5.92 Å². The van der Waals surface area contributed by atoms with Crippen molar-refractivity contribution < 1.29 is 19.7 Å². The van der Waals surface area contributed by atoms with E-state index in [9.17, 15) is 9.90 Å². The topological polar surface area (TPSA) is 70.0 Å². The molecule has 108 valence electrons. The molecule has 0 amide bonds. The number of hydrogen-bond acceptors (Lipinski definition) is 4. The molecule has 0 bridgehead atoms. The molecule has 0 radical (unpaired) electrons. The number of aliphatic hydroxyl groups excluding tert-OH is 1. The van der Waals surface area contributed by atoms with Gasteiger partial charge in [-0.1, -0.05) is 27.2 Å². The fourth-order valence-corrected chi connectivity index (χ4v) is 1.73. The van der Waals surface area contributed by atoms with E-state index in [2.05, 4.69) is 6.92 Å². The molecule has 0 saturated heterocycles. The lowest BCUT2D eigenvalue weighted by Crippen LogP contribution is -2.40. The quantitative estimate of drug-likeness (QED) is 0.547. The molecule has 0 aliphatic rings. The maximum atomic E-state index is 10.7. The lowest BCUT2D eigenvalue weighted by molar-refractivity contribution is -0.138. The standard InChI is InChI=1S/C13H27NO4/c1-4-5-6-18-10-12(15)8-14(7-11(2)3)9-13(16)17/h11-12,15H,4-10H2,1-3H3,(H,16,17). The van der Waals surface area contributed by atoms with Crippen LogP contribution in [-0.2, 0) is 9.53 Å². The first-order valence-corrected chi connectivity index (χ1v) is 6.65. The van der Waals surface area contributed by atoms with E-state index >= 15 is 0 Å². The van der Waals surface area contributed by atoms with Crippen LogP contribution in [-0.4, -0.2) is 60.0 Å². The highest BCUT2D eigenvalue weighted by Crippen LogP contribution is 2.01. The van der Waals surface area contributed by atoms with Crippen LogP contribution in [0, 0.1) is 5.92 Å². The number of aliphatic carboxylic acids is 1. The van der Waals surface area contributed by atoms with E-state index in [4.69, 9.17) is 9.84 Å². The lowest BCUT2D eigenvalue weighted by Gasteiger charge is -2.24. The van der Waals surface area contributed by atoms with Crippen LogP contribution in [0.4, 0.5) is 0 Å². The fourth-order valence-electron chi connectivity index (χ4n) is 1.73. The summed E-state index contributed by atoms with van der Waals surface area (Å²) in [4.78, 5) is 12.5. The van der Waals surface area contributed by atoms with Crippen molar-refractivity contribution in [2.45, 2.75) is 39.7 Å². The number of carboxylic acid groups (broad SMARTS) is 1. The molecule has 0 saturated carbocycles. The number of hydrogen-bond donors (Lipinski definition) is 2. The Kier molecular flexibility index (Phi) is 9.92. The Bertz CT molecular complexity index is 221. The Balaban J connectivity index is 3.93. The van der Waals surface area contributed by atoms with Gasteiger partial charge in [0.1, 0.15) is 0 Å². The van der Waals surface area contributed by atoms with Crippen molar-refractivity contribution in [1.82, 2.24) is 4.90 Å². The second kappa shape index (κ2) is 10.3. The molecule has 5 heteroatoms. The highest BCUT2D eigenvalue weighted by Gasteiger charge is 2.15. The van der Waals surface area contributed by atoms with Crippen LogP contribution in [0.2, 0.25) is 0 Å². The number of carboxylic acids is 1. The largest absolute Gasteiger partial charge is 0.480 e. The van der Waals surface area contributed by atoms with Gasteiger partial charge >= 0.3 is 5.97 Å². The van der Waals surface area contributed by atoms with Gasteiger partial charge in [-0.3, -0.25) is 9.69 Å². The molecular weight excluding hydrogens is 234 g/mol. The molecule has 2 N–H and O–H groups in total. The molecule has 0 rings (SSSR count). The van der Waals surface area contributed by atoms with Crippen LogP contribution in [0.1, 0.15) is 33.6 Å². The number of nitrogens with zero attached hydrogens (tertiary/aromatic N) is 1. The molecule has 0 fully saturated rings. The van der Waals surface area contributed by atoms with Gasteiger partial charge in [-0.15, -0.1) is 0 Å². The van der Waals surface area contributed by atoms with Gasteiger partial charge in [-0.05, 0) is 12.3 Å². The summed E-state index contributed by atoms with van der Waals surface area (Å²) >= 11 is 0. The van der Waals surface area contributed by atoms with Gasteiger partial charge in [0.05, 0.1) is 19.3 Å². The second-order valence-electron chi connectivity index (χ2n) is 5.06. The first-order valence-electron chi connectivity index (χ1n) is 6.65. The molecule has 0 aromatic carbocycles. The van der Waals surface area contributed by atoms with Crippen molar-refractivity contribution in [2.75, 3.05) is 32.8 Å². The monoisotopic (exact) mass is 261 g/mol. The van der Waals surface area contributed by atoms with Crippen LogP contribution < -0.4 is 0 Å². The highest BCUT2D eigenvalue weighted by molar-refractivity contribution is 5.69. The number of unbranched alkanes of at least 4 members (excludes halogenated alkanes) is 1. The molecule has 0 aliphatic heterocycles. The molecular formula is C13H27NO4. The molecule has 0 heterocycles. The predicted molar refractivity (Wildman–Crippen MR) is 70.6 cm³/mol. The summed E-state index contributed by atoms with van der Waals surface area (Å²) in [7, 11) is 0. The molecule has 0 aliphatic carbocycles. The molecule has 0 spiro atoms. The van der Waals surface area contributed by atoms with E-state index in [1.807, 2.05) is 13.8 Å². The minimum absolute atomic E-state index is 0.0375. The second-order valence-corrected chi connectivity index (χ2v) is 5.06. The zero-order valence-corrected chi connectivity index (χ0v) is 11.8. The zero-order valence-electron chi connectivity index (χ0n) is 11.8. The smallest absolute Gasteiger partial charge is 0.317 e. The van der Waals surface area contributed by atoms with Gasteiger partial charge < -0.3 is 14.9 Å². The van der Waals surface area contributed by atoms with E-state index in [1.54, 1.807) is 4.90 Å². The Morgan fingerprint density at radius 1 is 1.33 bits per heavy atom. The predicted octanol–water partition coefficient (Wildman–Crippen LogP) is 1.21. The summed E-state index contributed by atoms with van der Waals surface area (Å²) in [5.41, 5.74) is 0. The number of carbonyl (C=O) groups is 1. The van der Waals surface area contributed by atoms with Crippen LogP contribution in [0.5, 0.6) is 0 Å². The Morgan fingerprint density at radius 3 is 2.50 bits per heavy atom. The summed E-state index contributed by atoms with van der Waals surface area (Å²) in [6.07, 6.45) is 1.42. The molecule has 1 atom stereocenters. The van der Waals surface area contributed by atoms with Crippen molar-refractivity contribution >= 4 is 5.97 Å². The third kappa shape index (κ3) is 10.5. The van der Waals surface area contributed by atoms with Gasteiger partial charge in [0, 0.05) is 19.7 Å². The van der Waals surface area contributed by atoms with Gasteiger partial charge in [-0.2, -0.15) is 0 Å². The highest BCUT2D eigenvalue weighted by atomic mass is 16.5. The summed E-state index contributed by atoms with van der Waals surface area (Å²) in [6.45, 7) is 8.03. The minimum Gasteiger partial charge on any atom is -0.480 e. The lowest BCUT2D eigenvalue weighted by atomic mass is 10.2. The van der Waals surface area contributed by atoms with E-state index in [1.165, 1.54) is 0 Å². The number of ether oxygens (including phenoxy) is 1. The van der Waals surface area contributed by atoms with Crippen LogP contribution in [0.3, 0.4) is 0 Å². The van der Waals surface area contributed by atoms with Crippen molar-refractivity contribution in [3.63, 3.8) is 0 Å². The maximum Gasteiger partial charge on any atom is 0.317 e. The number of rotatable bonds is 11. The Morgan fingerprint density at radius 2 is 2.00 bits per heavy atom. The van der Waals surface area contributed by atoms with Gasteiger partial charge in [0.15, 0.2) is 0 Å². The Hall–Kier alpha value is -0.650. The van der Waals surface area contributed by atoms with Crippen LogP contribution >= 0.6 is 0 Å². The fraction of sp³-hybridized carbons (Fsp3) is 0.923. The van der Waals surface area contributed by atoms with Crippen molar-refractivity contribution in [3.8, 4) is 0 Å². The third-order valence-corrected chi connectivity index (χ3v) is 2.40. The zero-order chi connectivity index (χ0) is 14.0. The minimum atomic E-state index is -0.866. The third-order valence-electron chi connectivity index (χ3n) is 2.40. The van der Waals surface area contributed by atoms with Crippen molar-refractivity contribution in [3.05, 3.63) is 0 Å². The van der Waals surface area contributed by atoms with Crippen LogP contribution in [0.15, 0.2) is 0 Å². The van der Waals surface area contributed by atoms with E-state index in [0.717, 1.165) is 12.8 Å². The average Bonchev–Trinajstić information content (AvgIpc) is 2.22. The van der Waals surface area contributed by atoms with Crippen LogP contribution in [0.25, 0.3) is 0 Å². The summed E-state index contributed by atoms with van der Waals surface area (Å²) < 4.78 is 5.32. The first-order chi connectivity index (χ1) is 8.45. The molecule has 18 heavy (non-hydrogen) atoms. The Labute approximate surface area is 110 Å². The van der Waals surface area contributed by atoms with Gasteiger partial charge in [-0.25, -0.2) is 0 Å². The summed E-state index contributed by atoms with van der Waals surface area (Å²) in [5.74, 6) is -0.493. The molecule has 0 aromatic heterocycles. The van der Waals surface area contributed by atoms with Gasteiger partial charge in [0.25, 0.3) is 0 Å². The molecule has 1 unspecified atom stereocenters. The molecule has 5 nitrogen and oxygen atoms in total.